The molecule has 1 heterocycles. The standard InChI is InChI=1S/C11H18N2O/c1-9-5-4-7-11(13-9)10(12)6-2-3-8-14/h4-5,7,10,14H,2-3,6,8,12H2,1H3/t10-/m1/s1. The highest BCUT2D eigenvalue weighted by atomic mass is 16.2. The molecule has 0 radical (unpaired) electrons. The molecule has 3 N–H and O–H groups in total. The van der Waals surface area contributed by atoms with Gasteiger partial charge in [0, 0.05) is 18.3 Å². The molecule has 0 bridgehead atoms. The van der Waals surface area contributed by atoms with Crippen LogP contribution in [-0.4, -0.2) is 16.7 Å². The first-order chi connectivity index (χ1) is 6.74. The molecule has 0 amide bonds. The number of hydrogen-bond donors (Lipinski definition) is 2. The maximum absolute atomic E-state index is 8.64. The van der Waals surface area contributed by atoms with Gasteiger partial charge >= 0.3 is 0 Å². The summed E-state index contributed by atoms with van der Waals surface area (Å²) >= 11 is 0. The summed E-state index contributed by atoms with van der Waals surface area (Å²) in [4.78, 5) is 4.36. The number of rotatable bonds is 5. The molecule has 0 aliphatic heterocycles. The first kappa shape index (κ1) is 11.1. The van der Waals surface area contributed by atoms with E-state index in [1.165, 1.54) is 0 Å². The van der Waals surface area contributed by atoms with Crippen molar-refractivity contribution in [1.82, 2.24) is 4.98 Å². The van der Waals surface area contributed by atoms with Gasteiger partial charge in [-0.3, -0.25) is 4.98 Å². The van der Waals surface area contributed by atoms with Crippen LogP contribution in [0.25, 0.3) is 0 Å². The van der Waals surface area contributed by atoms with Gasteiger partial charge in [-0.05, 0) is 38.3 Å². The van der Waals surface area contributed by atoms with Crippen molar-refractivity contribution in [2.24, 2.45) is 5.73 Å². The topological polar surface area (TPSA) is 59.1 Å². The summed E-state index contributed by atoms with van der Waals surface area (Å²) in [5.41, 5.74) is 7.91. The summed E-state index contributed by atoms with van der Waals surface area (Å²) in [5, 5.41) is 8.64. The van der Waals surface area contributed by atoms with Gasteiger partial charge < -0.3 is 10.8 Å². The zero-order chi connectivity index (χ0) is 10.4. The van der Waals surface area contributed by atoms with Gasteiger partial charge in [-0.25, -0.2) is 0 Å². The Morgan fingerprint density at radius 2 is 2.21 bits per heavy atom. The lowest BCUT2D eigenvalue weighted by Gasteiger charge is -2.10. The highest BCUT2D eigenvalue weighted by Gasteiger charge is 2.06. The van der Waals surface area contributed by atoms with E-state index >= 15 is 0 Å². The number of nitrogens with two attached hydrogens (primary N) is 1. The lowest BCUT2D eigenvalue weighted by atomic mass is 10.1. The second kappa shape index (κ2) is 5.73. The van der Waals surface area contributed by atoms with Crippen LogP contribution in [0.3, 0.4) is 0 Å². The van der Waals surface area contributed by atoms with E-state index in [0.717, 1.165) is 30.7 Å². The van der Waals surface area contributed by atoms with Crippen LogP contribution in [0.1, 0.15) is 36.7 Å². The van der Waals surface area contributed by atoms with E-state index in [4.69, 9.17) is 10.8 Å². The Morgan fingerprint density at radius 1 is 1.43 bits per heavy atom. The van der Waals surface area contributed by atoms with Crippen molar-refractivity contribution in [1.29, 1.82) is 0 Å². The number of unbranched alkanes of at least 4 members (excludes halogenated alkanes) is 1. The van der Waals surface area contributed by atoms with Crippen molar-refractivity contribution in [2.75, 3.05) is 6.61 Å². The molecule has 0 saturated carbocycles. The summed E-state index contributed by atoms with van der Waals surface area (Å²) < 4.78 is 0. The molecule has 0 aliphatic carbocycles. The Labute approximate surface area is 85.0 Å². The number of aliphatic hydroxyl groups is 1. The van der Waals surface area contributed by atoms with E-state index in [1.54, 1.807) is 0 Å². The van der Waals surface area contributed by atoms with Gasteiger partial charge in [0.1, 0.15) is 0 Å². The molecule has 0 fully saturated rings. The summed E-state index contributed by atoms with van der Waals surface area (Å²) in [6.07, 6.45) is 2.66. The lowest BCUT2D eigenvalue weighted by molar-refractivity contribution is 0.281. The molecule has 78 valence electrons. The van der Waals surface area contributed by atoms with Gasteiger partial charge in [0.15, 0.2) is 0 Å². The molecule has 1 atom stereocenters. The molecule has 0 unspecified atom stereocenters. The maximum atomic E-state index is 8.64. The predicted octanol–water partition coefficient (Wildman–Crippen LogP) is 1.55. The monoisotopic (exact) mass is 194 g/mol. The van der Waals surface area contributed by atoms with Crippen molar-refractivity contribution in [3.8, 4) is 0 Å². The van der Waals surface area contributed by atoms with E-state index in [-0.39, 0.29) is 12.6 Å². The molecule has 0 spiro atoms. The first-order valence-corrected chi connectivity index (χ1v) is 5.04. The van der Waals surface area contributed by atoms with E-state index < -0.39 is 0 Å². The van der Waals surface area contributed by atoms with Gasteiger partial charge in [0.25, 0.3) is 0 Å². The second-order valence-electron chi connectivity index (χ2n) is 3.53. The average Bonchev–Trinajstić information content (AvgIpc) is 2.18. The number of hydrogen-bond acceptors (Lipinski definition) is 3. The zero-order valence-corrected chi connectivity index (χ0v) is 8.61. The molecular formula is C11H18N2O. The van der Waals surface area contributed by atoms with Crippen molar-refractivity contribution in [3.05, 3.63) is 29.6 Å². The summed E-state index contributed by atoms with van der Waals surface area (Å²) in [6, 6.07) is 5.89. The lowest BCUT2D eigenvalue weighted by Crippen LogP contribution is -2.12. The number of nitrogens with zero attached hydrogens (tertiary/aromatic N) is 1. The smallest absolute Gasteiger partial charge is 0.0574 e. The average molecular weight is 194 g/mol. The maximum Gasteiger partial charge on any atom is 0.0574 e. The van der Waals surface area contributed by atoms with E-state index in [9.17, 15) is 0 Å². The van der Waals surface area contributed by atoms with Gasteiger partial charge in [0.2, 0.25) is 0 Å². The van der Waals surface area contributed by atoms with Crippen LogP contribution < -0.4 is 5.73 Å². The summed E-state index contributed by atoms with van der Waals surface area (Å²) in [5.74, 6) is 0. The fourth-order valence-corrected chi connectivity index (χ4v) is 1.39. The number of aliphatic hydroxyl groups excluding tert-OH is 1. The van der Waals surface area contributed by atoms with Crippen molar-refractivity contribution < 1.29 is 5.11 Å². The van der Waals surface area contributed by atoms with E-state index in [1.807, 2.05) is 25.1 Å². The van der Waals surface area contributed by atoms with Gasteiger partial charge in [-0.1, -0.05) is 6.07 Å². The third-order valence-electron chi connectivity index (χ3n) is 2.21. The first-order valence-electron chi connectivity index (χ1n) is 5.04. The normalized spacial score (nSPS) is 12.8. The fourth-order valence-electron chi connectivity index (χ4n) is 1.39. The van der Waals surface area contributed by atoms with Gasteiger partial charge in [-0.15, -0.1) is 0 Å². The van der Waals surface area contributed by atoms with Crippen LogP contribution >= 0.6 is 0 Å². The largest absolute Gasteiger partial charge is 0.396 e. The molecule has 1 aromatic heterocycles. The highest BCUT2D eigenvalue weighted by molar-refractivity contribution is 5.12. The third-order valence-corrected chi connectivity index (χ3v) is 2.21. The zero-order valence-electron chi connectivity index (χ0n) is 8.61. The Bertz CT molecular complexity index is 276. The van der Waals surface area contributed by atoms with Crippen molar-refractivity contribution in [3.63, 3.8) is 0 Å². The van der Waals surface area contributed by atoms with Crippen LogP contribution in [0.5, 0.6) is 0 Å². The molecule has 1 rings (SSSR count). The van der Waals surface area contributed by atoms with Gasteiger partial charge in [0.05, 0.1) is 5.69 Å². The number of aryl methyl sites for hydroxylation is 1. The number of aromatic nitrogens is 1. The van der Waals surface area contributed by atoms with Crippen LogP contribution in [0.4, 0.5) is 0 Å². The predicted molar refractivity (Wildman–Crippen MR) is 56.8 cm³/mol. The molecule has 14 heavy (non-hydrogen) atoms. The molecule has 3 nitrogen and oxygen atoms in total. The van der Waals surface area contributed by atoms with Crippen molar-refractivity contribution >= 4 is 0 Å². The van der Waals surface area contributed by atoms with Gasteiger partial charge in [-0.2, -0.15) is 0 Å². The van der Waals surface area contributed by atoms with Crippen LogP contribution in [0.15, 0.2) is 18.2 Å². The minimum Gasteiger partial charge on any atom is -0.396 e. The van der Waals surface area contributed by atoms with E-state index in [2.05, 4.69) is 4.98 Å². The molecular weight excluding hydrogens is 176 g/mol. The van der Waals surface area contributed by atoms with Crippen LogP contribution in [0, 0.1) is 6.92 Å². The van der Waals surface area contributed by atoms with Crippen molar-refractivity contribution in [2.45, 2.75) is 32.2 Å². The highest BCUT2D eigenvalue weighted by Crippen LogP contribution is 2.14. The molecule has 0 saturated heterocycles. The quantitative estimate of drug-likeness (QED) is 0.699. The fraction of sp³-hybridized carbons (Fsp3) is 0.545. The third kappa shape index (κ3) is 3.44. The Balaban J connectivity index is 2.47. The van der Waals surface area contributed by atoms with Crippen LogP contribution in [-0.2, 0) is 0 Å². The minimum absolute atomic E-state index is 0.00134. The second-order valence-corrected chi connectivity index (χ2v) is 3.53. The van der Waals surface area contributed by atoms with Crippen LogP contribution in [0.2, 0.25) is 0 Å². The Hall–Kier alpha value is -0.930. The Kier molecular flexibility index (Phi) is 4.56. The summed E-state index contributed by atoms with van der Waals surface area (Å²) in [7, 11) is 0. The molecule has 0 aromatic carbocycles. The molecule has 1 aromatic rings. The van der Waals surface area contributed by atoms with E-state index in [0.29, 0.717) is 0 Å². The molecule has 3 heteroatoms. The number of pyridine rings is 1. The SMILES string of the molecule is Cc1cccc([C@H](N)CCCCO)n1. The Morgan fingerprint density at radius 3 is 2.86 bits per heavy atom. The minimum atomic E-state index is 0.00134. The molecule has 0 aliphatic rings. The summed E-state index contributed by atoms with van der Waals surface area (Å²) in [6.45, 7) is 2.21.